The summed E-state index contributed by atoms with van der Waals surface area (Å²) >= 11 is 0. The van der Waals surface area contributed by atoms with Crippen molar-refractivity contribution < 1.29 is 9.53 Å². The van der Waals surface area contributed by atoms with Gasteiger partial charge in [-0.2, -0.15) is 5.10 Å². The molecule has 0 aliphatic rings. The predicted molar refractivity (Wildman–Crippen MR) is 124 cm³/mol. The van der Waals surface area contributed by atoms with Gasteiger partial charge >= 0.3 is 0 Å². The fourth-order valence-corrected chi connectivity index (χ4v) is 3.40. The molecule has 3 aromatic rings. The molecule has 3 rings (SSSR count). The molecular weight excluding hydrogens is 390 g/mol. The number of carbonyl (C=O) groups excluding carboxylic acids is 1. The molecular formula is C24H35N5O2. The lowest BCUT2D eigenvalue weighted by molar-refractivity contribution is -0.121. The average molecular weight is 426 g/mol. The quantitative estimate of drug-likeness (QED) is 0.468. The number of hydrogen-bond donors (Lipinski definition) is 2. The van der Waals surface area contributed by atoms with Crippen LogP contribution in [-0.2, 0) is 14.9 Å². The van der Waals surface area contributed by atoms with Crippen molar-refractivity contribution in [3.05, 3.63) is 36.0 Å². The van der Waals surface area contributed by atoms with E-state index in [1.807, 2.05) is 30.3 Å². The molecule has 2 heterocycles. The van der Waals surface area contributed by atoms with Gasteiger partial charge in [-0.15, -0.1) is 9.73 Å². The van der Waals surface area contributed by atoms with E-state index in [0.29, 0.717) is 12.5 Å². The number of nitrogens with one attached hydrogen (secondary N) is 2. The zero-order valence-electron chi connectivity index (χ0n) is 19.4. The largest absolute Gasteiger partial charge is 0.371 e. The number of rotatable bonds is 10. The van der Waals surface area contributed by atoms with Crippen LogP contribution in [0.5, 0.6) is 0 Å². The molecule has 1 unspecified atom stereocenters. The van der Waals surface area contributed by atoms with Crippen LogP contribution < -0.4 is 5.32 Å². The minimum atomic E-state index is -0.135. The van der Waals surface area contributed by atoms with Gasteiger partial charge in [0.1, 0.15) is 6.61 Å². The van der Waals surface area contributed by atoms with E-state index in [9.17, 15) is 4.79 Å². The number of aromatic nitrogens is 4. The Morgan fingerprint density at radius 3 is 2.55 bits per heavy atom. The van der Waals surface area contributed by atoms with Crippen LogP contribution in [0.25, 0.3) is 17.0 Å². The molecule has 1 amide bonds. The Hall–Kier alpha value is -2.67. The number of nitrogens with zero attached hydrogens (tertiary/aromatic N) is 3. The van der Waals surface area contributed by atoms with Gasteiger partial charge < -0.3 is 15.0 Å². The normalized spacial score (nSPS) is 12.9. The second kappa shape index (κ2) is 10.1. The lowest BCUT2D eigenvalue weighted by Crippen LogP contribution is -2.20. The molecule has 31 heavy (non-hydrogen) atoms. The fourth-order valence-electron chi connectivity index (χ4n) is 3.40. The number of anilines is 1. The Morgan fingerprint density at radius 2 is 1.94 bits per heavy atom. The molecule has 7 nitrogen and oxygen atoms in total. The lowest BCUT2D eigenvalue weighted by atomic mass is 9.93. The number of hydrogen-bond acceptors (Lipinski definition) is 4. The van der Waals surface area contributed by atoms with Crippen molar-refractivity contribution in [2.45, 2.75) is 65.7 Å². The number of fused-ring (bicyclic) bond motifs is 1. The summed E-state index contributed by atoms with van der Waals surface area (Å²) in [6, 6.07) is 9.62. The number of carbonyl (C=O) groups is 1. The molecule has 0 saturated heterocycles. The molecule has 1 aromatic carbocycles. The van der Waals surface area contributed by atoms with E-state index in [0.717, 1.165) is 41.3 Å². The summed E-state index contributed by atoms with van der Waals surface area (Å²) in [4.78, 5) is 15.5. The van der Waals surface area contributed by atoms with Crippen molar-refractivity contribution in [1.82, 2.24) is 19.8 Å². The third-order valence-electron chi connectivity index (χ3n) is 5.47. The summed E-state index contributed by atoms with van der Waals surface area (Å²) in [6.45, 7) is 11.5. The van der Waals surface area contributed by atoms with E-state index in [-0.39, 0.29) is 17.9 Å². The lowest BCUT2D eigenvalue weighted by Gasteiger charge is -2.14. The zero-order valence-corrected chi connectivity index (χ0v) is 19.4. The Kier molecular flexibility index (Phi) is 7.49. The van der Waals surface area contributed by atoms with E-state index in [1.54, 1.807) is 4.63 Å². The van der Waals surface area contributed by atoms with Crippen molar-refractivity contribution >= 4 is 17.2 Å². The van der Waals surface area contributed by atoms with E-state index >= 15 is 0 Å². The van der Waals surface area contributed by atoms with Crippen LogP contribution in [0.3, 0.4) is 0 Å². The highest BCUT2D eigenvalue weighted by Gasteiger charge is 2.19. The maximum absolute atomic E-state index is 12.2. The van der Waals surface area contributed by atoms with Crippen molar-refractivity contribution in [3.63, 3.8) is 0 Å². The summed E-state index contributed by atoms with van der Waals surface area (Å²) in [5.41, 5.74) is 3.50. The molecule has 0 saturated carbocycles. The molecule has 0 spiro atoms. The first kappa shape index (κ1) is 23.0. The summed E-state index contributed by atoms with van der Waals surface area (Å²) in [5.74, 6) is 1.13. The predicted octanol–water partition coefficient (Wildman–Crippen LogP) is 5.19. The van der Waals surface area contributed by atoms with E-state index in [4.69, 9.17) is 4.74 Å². The van der Waals surface area contributed by atoms with Crippen molar-refractivity contribution in [2.75, 3.05) is 18.5 Å². The average Bonchev–Trinajstić information content (AvgIpc) is 3.30. The monoisotopic (exact) mass is 425 g/mol. The Labute approximate surface area is 184 Å². The van der Waals surface area contributed by atoms with Gasteiger partial charge in [0.15, 0.2) is 11.5 Å². The summed E-state index contributed by atoms with van der Waals surface area (Å²) < 4.78 is 7.26. The van der Waals surface area contributed by atoms with Gasteiger partial charge in [0.2, 0.25) is 5.91 Å². The number of H-pyrrole nitrogens is 1. The van der Waals surface area contributed by atoms with Crippen LogP contribution in [0.2, 0.25) is 0 Å². The molecule has 1 atom stereocenters. The molecule has 0 radical (unpaired) electrons. The Bertz CT molecular complexity index is 950. The standard InChI is InChI=1S/C24H35N5O2/c1-6-8-9-17(7-2)15-31-16-22(30)25-19-12-10-18(11-13-19)23-26-21-14-20(24(3,4)5)27-29(21)28-23/h10-14,17H,6-9,15-16H2,1-5H3,(H,25,30)(H,26,28). The first-order valence-corrected chi connectivity index (χ1v) is 11.2. The smallest absolute Gasteiger partial charge is 0.250 e. The number of unbranched alkanes of at least 4 members (excludes halogenated alkanes) is 1. The van der Waals surface area contributed by atoms with Gasteiger partial charge in [-0.25, -0.2) is 0 Å². The molecule has 0 fully saturated rings. The van der Waals surface area contributed by atoms with Gasteiger partial charge in [0, 0.05) is 22.7 Å². The van der Waals surface area contributed by atoms with E-state index in [1.165, 1.54) is 12.8 Å². The molecule has 2 aromatic heterocycles. The minimum absolute atomic E-state index is 0.0226. The number of benzene rings is 1. The maximum atomic E-state index is 12.2. The Morgan fingerprint density at radius 1 is 1.19 bits per heavy atom. The van der Waals surface area contributed by atoms with E-state index in [2.05, 4.69) is 55.1 Å². The van der Waals surface area contributed by atoms with E-state index < -0.39 is 0 Å². The second-order valence-corrected chi connectivity index (χ2v) is 9.19. The van der Waals surface area contributed by atoms with Crippen LogP contribution in [0.15, 0.2) is 30.3 Å². The number of amides is 1. The third kappa shape index (κ3) is 6.17. The topological polar surface area (TPSA) is 84.3 Å². The number of ether oxygens (including phenoxy) is 1. The molecule has 0 bridgehead atoms. The van der Waals surface area contributed by atoms with Gasteiger partial charge in [0.25, 0.3) is 0 Å². The van der Waals surface area contributed by atoms with Crippen molar-refractivity contribution in [2.24, 2.45) is 5.92 Å². The molecule has 2 N–H and O–H groups in total. The highest BCUT2D eigenvalue weighted by molar-refractivity contribution is 5.91. The molecule has 168 valence electrons. The van der Waals surface area contributed by atoms with Gasteiger partial charge in [-0.3, -0.25) is 4.79 Å². The summed E-state index contributed by atoms with van der Waals surface area (Å²) in [5, 5.41) is 12.0. The van der Waals surface area contributed by atoms with Crippen molar-refractivity contribution in [1.29, 1.82) is 0 Å². The summed E-state index contributed by atoms with van der Waals surface area (Å²) in [6.07, 6.45) is 4.64. The van der Waals surface area contributed by atoms with Crippen LogP contribution >= 0.6 is 0 Å². The second-order valence-electron chi connectivity index (χ2n) is 9.19. The van der Waals surface area contributed by atoms with Crippen LogP contribution in [0, 0.1) is 5.92 Å². The van der Waals surface area contributed by atoms with Gasteiger partial charge in [-0.05, 0) is 36.6 Å². The van der Waals surface area contributed by atoms with Crippen LogP contribution in [0.1, 0.15) is 66.0 Å². The number of aromatic amines is 1. The zero-order chi connectivity index (χ0) is 22.4. The molecule has 0 aliphatic carbocycles. The Balaban J connectivity index is 1.53. The van der Waals surface area contributed by atoms with Gasteiger partial charge in [-0.1, -0.05) is 53.9 Å². The minimum Gasteiger partial charge on any atom is -0.371 e. The van der Waals surface area contributed by atoms with Crippen molar-refractivity contribution in [3.8, 4) is 11.4 Å². The molecule has 0 aliphatic heterocycles. The SMILES string of the molecule is CCCCC(CC)COCC(=O)Nc1ccc(-c2nn3nc(C(C)(C)C)cc3[nH]2)cc1. The molecule has 7 heteroatoms. The third-order valence-corrected chi connectivity index (χ3v) is 5.47. The fraction of sp³-hybridized carbons (Fsp3) is 0.542. The van der Waals surface area contributed by atoms with Crippen LogP contribution in [0.4, 0.5) is 5.69 Å². The first-order chi connectivity index (χ1) is 14.8. The van der Waals surface area contributed by atoms with Gasteiger partial charge in [0.05, 0.1) is 12.3 Å². The van der Waals surface area contributed by atoms with Crippen LogP contribution in [-0.4, -0.2) is 38.9 Å². The highest BCUT2D eigenvalue weighted by Crippen LogP contribution is 2.24. The maximum Gasteiger partial charge on any atom is 0.250 e. The highest BCUT2D eigenvalue weighted by atomic mass is 16.5. The summed E-state index contributed by atoms with van der Waals surface area (Å²) in [7, 11) is 0. The first-order valence-electron chi connectivity index (χ1n) is 11.2.